The summed E-state index contributed by atoms with van der Waals surface area (Å²) in [6.07, 6.45) is 5.21. The number of rotatable bonds is 4. The Kier molecular flexibility index (Phi) is 4.60. The van der Waals surface area contributed by atoms with Gasteiger partial charge in [-0.15, -0.1) is 0 Å². The molecule has 1 aliphatic heterocycles. The van der Waals surface area contributed by atoms with Crippen LogP contribution in [-0.4, -0.2) is 24.9 Å². The fourth-order valence-electron chi connectivity index (χ4n) is 6.03. The number of nitrogens with zero attached hydrogens (tertiary/aromatic N) is 4. The molecule has 4 aromatic heterocycles. The molecule has 0 saturated heterocycles. The number of carbonyl (C=O) groups is 1. The van der Waals surface area contributed by atoms with Crippen LogP contribution in [0.3, 0.4) is 0 Å². The quantitative estimate of drug-likeness (QED) is 0.282. The predicted molar refractivity (Wildman–Crippen MR) is 143 cm³/mol. The highest BCUT2D eigenvalue weighted by Crippen LogP contribution is 2.52. The van der Waals surface area contributed by atoms with Crippen molar-refractivity contribution in [1.82, 2.24) is 18.9 Å². The molecule has 6 nitrogen and oxygen atoms in total. The molecule has 37 heavy (non-hydrogen) atoms. The largest absolute Gasteiger partial charge is 0.436 e. The number of hydrogen-bond donors (Lipinski definition) is 0. The third-order valence-electron chi connectivity index (χ3n) is 7.47. The fourth-order valence-corrected chi connectivity index (χ4v) is 6.03. The number of aryl methyl sites for hydroxylation is 1. The van der Waals surface area contributed by atoms with E-state index in [0.29, 0.717) is 5.69 Å². The minimum atomic E-state index is -1.30. The molecular formula is C31H24N4O2. The topological polar surface area (TPSA) is 61.4 Å². The van der Waals surface area contributed by atoms with Gasteiger partial charge in [0.25, 0.3) is 0 Å². The second-order valence-electron chi connectivity index (χ2n) is 9.31. The number of ether oxygens (including phenoxy) is 1. The van der Waals surface area contributed by atoms with Crippen LogP contribution in [0.4, 0.5) is 0 Å². The molecule has 0 saturated carbocycles. The van der Waals surface area contributed by atoms with Crippen molar-refractivity contribution in [2.24, 2.45) is 0 Å². The summed E-state index contributed by atoms with van der Waals surface area (Å²) in [7, 11) is 0. The zero-order valence-electron chi connectivity index (χ0n) is 20.6. The molecule has 1 unspecified atom stereocenters. The molecule has 6 heteroatoms. The van der Waals surface area contributed by atoms with Crippen LogP contribution >= 0.6 is 0 Å². The van der Waals surface area contributed by atoms with Crippen LogP contribution in [0, 0.1) is 6.92 Å². The van der Waals surface area contributed by atoms with Crippen LogP contribution in [0.1, 0.15) is 40.1 Å². The van der Waals surface area contributed by atoms with E-state index in [1.807, 2.05) is 48.7 Å². The molecule has 0 amide bonds. The van der Waals surface area contributed by atoms with Crippen molar-refractivity contribution in [3.8, 4) is 11.1 Å². The monoisotopic (exact) mass is 484 g/mol. The van der Waals surface area contributed by atoms with Gasteiger partial charge in [0, 0.05) is 58.4 Å². The number of cyclic esters (lactones) is 1. The summed E-state index contributed by atoms with van der Waals surface area (Å²) < 4.78 is 11.0. The van der Waals surface area contributed by atoms with E-state index in [0.717, 1.165) is 51.0 Å². The van der Waals surface area contributed by atoms with Gasteiger partial charge in [-0.3, -0.25) is 4.98 Å². The SMILES string of the molecule is CCn1c(C)c(C2(c3c(-c4ccccc4)cc4ccccn34)OC(=O)c3nccnc32)c2ccccc21. The van der Waals surface area contributed by atoms with Crippen molar-refractivity contribution in [3.63, 3.8) is 0 Å². The lowest BCUT2D eigenvalue weighted by Gasteiger charge is -2.30. The molecular weight excluding hydrogens is 460 g/mol. The summed E-state index contributed by atoms with van der Waals surface area (Å²) in [5.74, 6) is -0.472. The predicted octanol–water partition coefficient (Wildman–Crippen LogP) is 6.14. The first kappa shape index (κ1) is 21.6. The molecule has 0 N–H and O–H groups in total. The lowest BCUT2D eigenvalue weighted by Crippen LogP contribution is -2.33. The summed E-state index contributed by atoms with van der Waals surface area (Å²) in [5.41, 5.74) is 6.35. The Morgan fingerprint density at radius 1 is 0.919 bits per heavy atom. The van der Waals surface area contributed by atoms with Crippen molar-refractivity contribution in [2.75, 3.05) is 0 Å². The highest BCUT2D eigenvalue weighted by atomic mass is 16.6. The van der Waals surface area contributed by atoms with Gasteiger partial charge in [0.2, 0.25) is 5.60 Å². The van der Waals surface area contributed by atoms with E-state index < -0.39 is 11.6 Å². The molecule has 180 valence electrons. The molecule has 1 atom stereocenters. The maximum Gasteiger partial charge on any atom is 0.360 e. The Balaban J connectivity index is 1.72. The summed E-state index contributed by atoms with van der Waals surface area (Å²) >= 11 is 0. The first-order chi connectivity index (χ1) is 18.1. The lowest BCUT2D eigenvalue weighted by molar-refractivity contribution is 0.0230. The molecule has 0 radical (unpaired) electrons. The van der Waals surface area contributed by atoms with Gasteiger partial charge >= 0.3 is 5.97 Å². The normalized spacial score (nSPS) is 16.9. The second kappa shape index (κ2) is 7.90. The highest BCUT2D eigenvalue weighted by molar-refractivity contribution is 5.97. The molecule has 2 aromatic carbocycles. The number of aromatic nitrogens is 4. The van der Waals surface area contributed by atoms with Crippen molar-refractivity contribution in [3.05, 3.63) is 126 Å². The van der Waals surface area contributed by atoms with Gasteiger partial charge in [-0.2, -0.15) is 0 Å². The van der Waals surface area contributed by atoms with E-state index in [9.17, 15) is 4.79 Å². The number of carbonyl (C=O) groups excluding carboxylic acids is 1. The number of para-hydroxylation sites is 1. The second-order valence-corrected chi connectivity index (χ2v) is 9.31. The molecule has 7 rings (SSSR count). The van der Waals surface area contributed by atoms with Crippen LogP contribution < -0.4 is 0 Å². The first-order valence-electron chi connectivity index (χ1n) is 12.4. The van der Waals surface area contributed by atoms with E-state index >= 15 is 0 Å². The standard InChI is InChI=1S/C31H24N4O2/c1-3-34-20(2)26(23-14-7-8-15-25(23)34)31(28-27(30(36)37-31)32-16-17-33-28)29-24(21-11-5-4-6-12-21)19-22-13-9-10-18-35(22)29/h4-19H,3H2,1-2H3. The Bertz CT molecular complexity index is 1830. The smallest absolute Gasteiger partial charge is 0.360 e. The molecule has 0 aliphatic carbocycles. The molecule has 6 aromatic rings. The molecule has 5 heterocycles. The summed E-state index contributed by atoms with van der Waals surface area (Å²) in [5, 5.41) is 1.03. The van der Waals surface area contributed by atoms with Gasteiger partial charge in [-0.05, 0) is 43.7 Å². The average Bonchev–Trinajstić information content (AvgIpc) is 3.57. The fraction of sp³-hybridized carbons (Fsp3) is 0.129. The highest BCUT2D eigenvalue weighted by Gasteiger charge is 2.56. The van der Waals surface area contributed by atoms with Gasteiger partial charge in [0.05, 0.1) is 5.69 Å². The van der Waals surface area contributed by atoms with E-state index in [1.165, 1.54) is 0 Å². The van der Waals surface area contributed by atoms with Crippen molar-refractivity contribution in [1.29, 1.82) is 0 Å². The number of fused-ring (bicyclic) bond motifs is 3. The minimum absolute atomic E-state index is 0.250. The Labute approximate surface area is 213 Å². The van der Waals surface area contributed by atoms with Gasteiger partial charge in [0.15, 0.2) is 5.69 Å². The molecule has 1 aliphatic rings. The summed E-state index contributed by atoms with van der Waals surface area (Å²) in [6.45, 7) is 5.01. The van der Waals surface area contributed by atoms with Gasteiger partial charge in [-0.1, -0.05) is 54.6 Å². The maximum atomic E-state index is 13.5. The van der Waals surface area contributed by atoms with E-state index in [4.69, 9.17) is 9.72 Å². The van der Waals surface area contributed by atoms with Crippen molar-refractivity contribution < 1.29 is 9.53 Å². The summed E-state index contributed by atoms with van der Waals surface area (Å²) in [6, 6.07) is 26.8. The summed E-state index contributed by atoms with van der Waals surface area (Å²) in [4.78, 5) is 22.7. The van der Waals surface area contributed by atoms with Crippen molar-refractivity contribution in [2.45, 2.75) is 26.0 Å². The van der Waals surface area contributed by atoms with E-state index in [-0.39, 0.29) is 5.69 Å². The van der Waals surface area contributed by atoms with Crippen LogP contribution in [0.15, 0.2) is 97.5 Å². The third-order valence-corrected chi connectivity index (χ3v) is 7.47. The molecule has 0 bridgehead atoms. The number of benzene rings is 2. The first-order valence-corrected chi connectivity index (χ1v) is 12.4. The van der Waals surface area contributed by atoms with E-state index in [2.05, 4.69) is 64.2 Å². The van der Waals surface area contributed by atoms with Gasteiger partial charge < -0.3 is 13.7 Å². The Morgan fingerprint density at radius 2 is 1.68 bits per heavy atom. The molecule has 0 fully saturated rings. The minimum Gasteiger partial charge on any atom is -0.436 e. The zero-order valence-corrected chi connectivity index (χ0v) is 20.6. The van der Waals surface area contributed by atoms with Gasteiger partial charge in [0.1, 0.15) is 5.69 Å². The van der Waals surface area contributed by atoms with Crippen LogP contribution in [-0.2, 0) is 16.9 Å². The van der Waals surface area contributed by atoms with Crippen molar-refractivity contribution >= 4 is 22.4 Å². The Morgan fingerprint density at radius 3 is 2.51 bits per heavy atom. The molecule has 0 spiro atoms. The zero-order chi connectivity index (χ0) is 25.1. The number of pyridine rings is 1. The van der Waals surface area contributed by atoms with Gasteiger partial charge in [-0.25, -0.2) is 9.78 Å². The number of hydrogen-bond acceptors (Lipinski definition) is 4. The Hall–Kier alpha value is -4.71. The lowest BCUT2D eigenvalue weighted by atomic mass is 9.82. The number of esters is 1. The average molecular weight is 485 g/mol. The third kappa shape index (κ3) is 2.84. The van der Waals surface area contributed by atoms with Crippen LogP contribution in [0.5, 0.6) is 0 Å². The van der Waals surface area contributed by atoms with E-state index in [1.54, 1.807) is 12.4 Å². The van der Waals surface area contributed by atoms with Crippen LogP contribution in [0.25, 0.3) is 27.5 Å². The maximum absolute atomic E-state index is 13.5. The van der Waals surface area contributed by atoms with Crippen LogP contribution in [0.2, 0.25) is 0 Å².